The molecule has 0 unspecified atom stereocenters. The first-order chi connectivity index (χ1) is 15.4. The molecule has 6 nitrogen and oxygen atoms in total. The van der Waals surface area contributed by atoms with Gasteiger partial charge in [0.25, 0.3) is 0 Å². The van der Waals surface area contributed by atoms with Gasteiger partial charge in [-0.05, 0) is 49.8 Å². The number of carbonyl (C=O) groups is 1. The van der Waals surface area contributed by atoms with E-state index >= 15 is 0 Å². The van der Waals surface area contributed by atoms with Gasteiger partial charge in [0.1, 0.15) is 0 Å². The Labute approximate surface area is 192 Å². The molecule has 0 radical (unpaired) electrons. The Bertz CT molecular complexity index is 868. The summed E-state index contributed by atoms with van der Waals surface area (Å²) < 4.78 is 5.52. The highest BCUT2D eigenvalue weighted by Gasteiger charge is 2.27. The molecule has 2 fully saturated rings. The molecule has 1 saturated heterocycles. The number of nitrogens with one attached hydrogen (secondary N) is 1. The fourth-order valence-electron chi connectivity index (χ4n) is 4.84. The van der Waals surface area contributed by atoms with E-state index in [9.17, 15) is 4.79 Å². The van der Waals surface area contributed by atoms with E-state index in [4.69, 9.17) is 4.52 Å². The van der Waals surface area contributed by atoms with Crippen molar-refractivity contribution in [2.75, 3.05) is 13.1 Å². The Morgan fingerprint density at radius 2 is 1.69 bits per heavy atom. The van der Waals surface area contributed by atoms with Gasteiger partial charge < -0.3 is 9.84 Å². The summed E-state index contributed by atoms with van der Waals surface area (Å²) in [6.07, 6.45) is 9.19. The lowest BCUT2D eigenvalue weighted by Gasteiger charge is -2.31. The van der Waals surface area contributed by atoms with Gasteiger partial charge in [0.15, 0.2) is 0 Å². The van der Waals surface area contributed by atoms with E-state index in [-0.39, 0.29) is 17.2 Å². The second-order valence-corrected chi connectivity index (χ2v) is 10.6. The summed E-state index contributed by atoms with van der Waals surface area (Å²) >= 11 is 0. The zero-order chi connectivity index (χ0) is 22.6. The first-order valence-electron chi connectivity index (χ1n) is 12.3. The number of hydrogen-bond donors (Lipinski definition) is 1. The van der Waals surface area contributed by atoms with Crippen LogP contribution in [0.25, 0.3) is 11.4 Å². The maximum absolute atomic E-state index is 12.7. The zero-order valence-corrected chi connectivity index (χ0v) is 19.9. The number of piperidine rings is 1. The molecule has 2 heterocycles. The highest BCUT2D eigenvalue weighted by molar-refractivity contribution is 5.79. The van der Waals surface area contributed by atoms with Crippen molar-refractivity contribution in [3.63, 3.8) is 0 Å². The molecule has 0 bridgehead atoms. The molecule has 0 atom stereocenters. The van der Waals surface area contributed by atoms with Crippen LogP contribution in [0.1, 0.15) is 83.6 Å². The molecule has 174 valence electrons. The van der Waals surface area contributed by atoms with Crippen molar-refractivity contribution >= 4 is 5.91 Å². The molecule has 1 saturated carbocycles. The quantitative estimate of drug-likeness (QED) is 0.659. The minimum Gasteiger partial charge on any atom is -0.353 e. The first kappa shape index (κ1) is 23.0. The average molecular weight is 439 g/mol. The molecular formula is C26H38N4O2. The van der Waals surface area contributed by atoms with Crippen LogP contribution in [-0.4, -0.2) is 40.1 Å². The van der Waals surface area contributed by atoms with Crippen LogP contribution in [0.2, 0.25) is 0 Å². The van der Waals surface area contributed by atoms with Crippen molar-refractivity contribution in [2.24, 2.45) is 5.92 Å². The standard InChI is InChI=1S/C26H38N4O2/c1-26(2,3)21-12-10-19(11-13-21)24-28-23(32-29-24)18-30-16-14-20(15-17-30)25(31)27-22-8-6-4-5-7-9-22/h10-13,20,22H,4-9,14-18H2,1-3H3,(H,27,31). The topological polar surface area (TPSA) is 71.3 Å². The molecule has 1 aromatic carbocycles. The smallest absolute Gasteiger partial charge is 0.241 e. The minimum atomic E-state index is 0.125. The molecule has 1 amide bonds. The summed E-state index contributed by atoms with van der Waals surface area (Å²) in [6.45, 7) is 9.04. The van der Waals surface area contributed by atoms with Gasteiger partial charge in [0.2, 0.25) is 17.6 Å². The van der Waals surface area contributed by atoms with E-state index in [2.05, 4.69) is 65.4 Å². The second-order valence-electron chi connectivity index (χ2n) is 10.6. The number of aromatic nitrogens is 2. The number of likely N-dealkylation sites (tertiary alicyclic amines) is 1. The zero-order valence-electron chi connectivity index (χ0n) is 19.9. The Kier molecular flexibility index (Phi) is 7.29. The Hall–Kier alpha value is -2.21. The molecule has 6 heteroatoms. The minimum absolute atomic E-state index is 0.125. The van der Waals surface area contributed by atoms with Crippen molar-refractivity contribution in [3.8, 4) is 11.4 Å². The molecule has 1 aliphatic heterocycles. The molecule has 0 spiro atoms. The largest absolute Gasteiger partial charge is 0.353 e. The lowest BCUT2D eigenvalue weighted by molar-refractivity contribution is -0.127. The van der Waals surface area contributed by atoms with Crippen molar-refractivity contribution in [3.05, 3.63) is 35.7 Å². The molecule has 32 heavy (non-hydrogen) atoms. The number of amides is 1. The SMILES string of the molecule is CC(C)(C)c1ccc(-c2noc(CN3CCC(C(=O)NC4CCCCCC4)CC3)n2)cc1. The van der Waals surface area contributed by atoms with E-state index in [0.717, 1.165) is 44.3 Å². The molecular weight excluding hydrogens is 400 g/mol. The van der Waals surface area contributed by atoms with Gasteiger partial charge in [0, 0.05) is 17.5 Å². The van der Waals surface area contributed by atoms with E-state index in [1.165, 1.54) is 31.2 Å². The van der Waals surface area contributed by atoms with E-state index in [1.54, 1.807) is 0 Å². The summed E-state index contributed by atoms with van der Waals surface area (Å²) in [6, 6.07) is 8.78. The van der Waals surface area contributed by atoms with E-state index in [0.29, 0.717) is 24.3 Å². The van der Waals surface area contributed by atoms with Crippen LogP contribution in [0.4, 0.5) is 0 Å². The van der Waals surface area contributed by atoms with Crippen molar-refractivity contribution in [1.82, 2.24) is 20.4 Å². The number of nitrogens with zero attached hydrogens (tertiary/aromatic N) is 3. The maximum atomic E-state index is 12.7. The summed E-state index contributed by atoms with van der Waals surface area (Å²) in [5.41, 5.74) is 2.39. The lowest BCUT2D eigenvalue weighted by atomic mass is 9.87. The summed E-state index contributed by atoms with van der Waals surface area (Å²) in [7, 11) is 0. The Morgan fingerprint density at radius 3 is 2.31 bits per heavy atom. The Balaban J connectivity index is 1.26. The monoisotopic (exact) mass is 438 g/mol. The number of benzene rings is 1. The number of hydrogen-bond acceptors (Lipinski definition) is 5. The molecule has 2 aliphatic rings. The van der Waals surface area contributed by atoms with Gasteiger partial charge in [-0.15, -0.1) is 0 Å². The third-order valence-corrected chi connectivity index (χ3v) is 7.00. The van der Waals surface area contributed by atoms with Gasteiger partial charge >= 0.3 is 0 Å². The van der Waals surface area contributed by atoms with Crippen LogP contribution in [0.5, 0.6) is 0 Å². The van der Waals surface area contributed by atoms with Crippen molar-refractivity contribution < 1.29 is 9.32 Å². The molecule has 4 rings (SSSR count). The van der Waals surface area contributed by atoms with Crippen LogP contribution in [0.15, 0.2) is 28.8 Å². The van der Waals surface area contributed by atoms with Gasteiger partial charge in [-0.25, -0.2) is 0 Å². The second kappa shape index (κ2) is 10.2. The van der Waals surface area contributed by atoms with Gasteiger partial charge in [-0.1, -0.05) is 75.9 Å². The fraction of sp³-hybridized carbons (Fsp3) is 0.654. The summed E-state index contributed by atoms with van der Waals surface area (Å²) in [5.74, 6) is 1.67. The predicted molar refractivity (Wildman–Crippen MR) is 126 cm³/mol. The third kappa shape index (κ3) is 5.97. The van der Waals surface area contributed by atoms with Crippen LogP contribution < -0.4 is 5.32 Å². The number of carbonyl (C=O) groups excluding carboxylic acids is 1. The first-order valence-corrected chi connectivity index (χ1v) is 12.3. The van der Waals surface area contributed by atoms with Crippen LogP contribution in [0, 0.1) is 5.92 Å². The molecule has 2 aromatic rings. The summed E-state index contributed by atoms with van der Waals surface area (Å²) in [5, 5.41) is 7.51. The Morgan fingerprint density at radius 1 is 1.03 bits per heavy atom. The number of rotatable bonds is 5. The van der Waals surface area contributed by atoms with Gasteiger partial charge in [-0.2, -0.15) is 4.98 Å². The average Bonchev–Trinajstić information content (AvgIpc) is 3.09. The predicted octanol–water partition coefficient (Wildman–Crippen LogP) is 5.09. The van der Waals surface area contributed by atoms with Crippen molar-refractivity contribution in [1.29, 1.82) is 0 Å². The van der Waals surface area contributed by atoms with Crippen LogP contribution in [0.3, 0.4) is 0 Å². The van der Waals surface area contributed by atoms with Crippen LogP contribution >= 0.6 is 0 Å². The molecule has 1 N–H and O–H groups in total. The van der Waals surface area contributed by atoms with Gasteiger partial charge in [0.05, 0.1) is 6.54 Å². The molecule has 1 aliphatic carbocycles. The van der Waals surface area contributed by atoms with E-state index in [1.807, 2.05) is 0 Å². The fourth-order valence-corrected chi connectivity index (χ4v) is 4.84. The summed E-state index contributed by atoms with van der Waals surface area (Å²) in [4.78, 5) is 19.6. The van der Waals surface area contributed by atoms with Gasteiger partial charge in [-0.3, -0.25) is 9.69 Å². The van der Waals surface area contributed by atoms with E-state index < -0.39 is 0 Å². The normalized spacial score (nSPS) is 19.6. The highest BCUT2D eigenvalue weighted by atomic mass is 16.5. The maximum Gasteiger partial charge on any atom is 0.241 e. The highest BCUT2D eigenvalue weighted by Crippen LogP contribution is 2.26. The van der Waals surface area contributed by atoms with Crippen LogP contribution in [-0.2, 0) is 16.8 Å². The third-order valence-electron chi connectivity index (χ3n) is 7.00. The molecule has 1 aromatic heterocycles. The van der Waals surface area contributed by atoms with Crippen molar-refractivity contribution in [2.45, 2.75) is 90.1 Å². The lowest BCUT2D eigenvalue weighted by Crippen LogP contribution is -2.43.